The van der Waals surface area contributed by atoms with Gasteiger partial charge in [0, 0.05) is 6.54 Å². The van der Waals surface area contributed by atoms with Gasteiger partial charge in [-0.3, -0.25) is 4.79 Å². The van der Waals surface area contributed by atoms with Crippen LogP contribution in [0, 0.1) is 18.6 Å². The van der Waals surface area contributed by atoms with Crippen LogP contribution in [0.4, 0.5) is 14.5 Å². The van der Waals surface area contributed by atoms with E-state index in [1.165, 1.54) is 19.1 Å². The zero-order chi connectivity index (χ0) is 13.0. The van der Waals surface area contributed by atoms with Crippen molar-refractivity contribution < 1.29 is 13.6 Å². The van der Waals surface area contributed by atoms with Crippen molar-refractivity contribution in [2.24, 2.45) is 0 Å². The van der Waals surface area contributed by atoms with Gasteiger partial charge in [0.1, 0.15) is 17.5 Å². The largest absolute Gasteiger partial charge is 0.369 e. The van der Waals surface area contributed by atoms with Gasteiger partial charge in [0.15, 0.2) is 5.82 Å². The zero-order valence-electron chi connectivity index (χ0n) is 10.1. The molecule has 0 saturated heterocycles. The lowest BCUT2D eigenvalue weighted by molar-refractivity contribution is -0.121. The maximum Gasteiger partial charge on any atom is 0.242 e. The fourth-order valence-electron chi connectivity index (χ4n) is 1.40. The molecule has 0 aliphatic rings. The van der Waals surface area contributed by atoms with Crippen LogP contribution in [0.15, 0.2) is 12.1 Å². The second-order valence-electron chi connectivity index (χ2n) is 3.81. The van der Waals surface area contributed by atoms with Crippen molar-refractivity contribution in [1.82, 2.24) is 5.32 Å². The highest BCUT2D eigenvalue weighted by Gasteiger charge is 2.17. The molecule has 1 aromatic rings. The molecule has 0 spiro atoms. The SMILES string of the molecule is CCNC(=O)C(C)Nc1c(F)ccc(C)c1F. The van der Waals surface area contributed by atoms with Crippen molar-refractivity contribution in [2.45, 2.75) is 26.8 Å². The second-order valence-corrected chi connectivity index (χ2v) is 3.81. The Kier molecular flexibility index (Phi) is 4.43. The Hall–Kier alpha value is -1.65. The third-order valence-electron chi connectivity index (χ3n) is 2.39. The van der Waals surface area contributed by atoms with Gasteiger partial charge in [-0.25, -0.2) is 8.78 Å². The number of likely N-dealkylation sites (N-methyl/N-ethyl adjacent to an activating group) is 1. The van der Waals surface area contributed by atoms with Gasteiger partial charge in [-0.05, 0) is 32.4 Å². The summed E-state index contributed by atoms with van der Waals surface area (Å²) in [6.07, 6.45) is 0. The minimum Gasteiger partial charge on any atom is -0.369 e. The number of amides is 1. The number of nitrogens with one attached hydrogen (secondary N) is 2. The lowest BCUT2D eigenvalue weighted by atomic mass is 10.1. The van der Waals surface area contributed by atoms with Crippen molar-refractivity contribution in [2.75, 3.05) is 11.9 Å². The maximum atomic E-state index is 13.6. The predicted molar refractivity (Wildman–Crippen MR) is 62.9 cm³/mol. The number of hydrogen-bond acceptors (Lipinski definition) is 2. The summed E-state index contributed by atoms with van der Waals surface area (Å²) in [5, 5.41) is 5.11. The predicted octanol–water partition coefficient (Wildman–Crippen LogP) is 2.21. The minimum atomic E-state index is -0.704. The molecule has 0 radical (unpaired) electrons. The van der Waals surface area contributed by atoms with E-state index in [0.29, 0.717) is 12.1 Å². The van der Waals surface area contributed by atoms with Crippen LogP contribution in [0.1, 0.15) is 19.4 Å². The van der Waals surface area contributed by atoms with Crippen molar-refractivity contribution in [1.29, 1.82) is 0 Å². The van der Waals surface area contributed by atoms with Crippen molar-refractivity contribution in [3.8, 4) is 0 Å². The molecule has 1 rings (SSSR count). The number of carbonyl (C=O) groups is 1. The first-order chi connectivity index (χ1) is 7.97. The summed E-state index contributed by atoms with van der Waals surface area (Å²) in [7, 11) is 0. The first-order valence-electron chi connectivity index (χ1n) is 5.46. The van der Waals surface area contributed by atoms with Gasteiger partial charge in [0.2, 0.25) is 5.91 Å². The number of anilines is 1. The summed E-state index contributed by atoms with van der Waals surface area (Å²) in [5.74, 6) is -1.67. The minimum absolute atomic E-state index is 0.260. The van der Waals surface area contributed by atoms with Crippen LogP contribution in [0.3, 0.4) is 0 Å². The molecule has 3 nitrogen and oxygen atoms in total. The molecule has 0 aromatic heterocycles. The highest BCUT2D eigenvalue weighted by atomic mass is 19.1. The Bertz CT molecular complexity index is 421. The fraction of sp³-hybridized carbons (Fsp3) is 0.417. The van der Waals surface area contributed by atoms with Crippen LogP contribution in [-0.2, 0) is 4.79 Å². The van der Waals surface area contributed by atoms with Crippen LogP contribution in [0.25, 0.3) is 0 Å². The smallest absolute Gasteiger partial charge is 0.242 e. The van der Waals surface area contributed by atoms with E-state index in [1.807, 2.05) is 0 Å². The summed E-state index contributed by atoms with van der Waals surface area (Å²) in [6.45, 7) is 5.34. The Morgan fingerprint density at radius 1 is 1.41 bits per heavy atom. The first kappa shape index (κ1) is 13.4. The van der Waals surface area contributed by atoms with Crippen LogP contribution in [0.2, 0.25) is 0 Å². The van der Waals surface area contributed by atoms with Gasteiger partial charge in [-0.15, -0.1) is 0 Å². The molecule has 1 amide bonds. The highest BCUT2D eigenvalue weighted by molar-refractivity contribution is 5.84. The number of carbonyl (C=O) groups excluding carboxylic acids is 1. The molecule has 0 fully saturated rings. The number of aryl methyl sites for hydroxylation is 1. The summed E-state index contributed by atoms with van der Waals surface area (Å²) in [5.41, 5.74) is 0.0701. The molecule has 1 aromatic carbocycles. The topological polar surface area (TPSA) is 41.1 Å². The van der Waals surface area contributed by atoms with E-state index in [2.05, 4.69) is 10.6 Å². The van der Waals surface area contributed by atoms with Gasteiger partial charge in [-0.2, -0.15) is 0 Å². The van der Waals surface area contributed by atoms with E-state index in [0.717, 1.165) is 0 Å². The molecular formula is C12H16F2N2O. The second kappa shape index (κ2) is 5.61. The molecule has 17 heavy (non-hydrogen) atoms. The van der Waals surface area contributed by atoms with E-state index in [4.69, 9.17) is 0 Å². The van der Waals surface area contributed by atoms with Crippen molar-refractivity contribution in [3.05, 3.63) is 29.3 Å². The molecule has 94 valence electrons. The molecular weight excluding hydrogens is 226 g/mol. The van der Waals surface area contributed by atoms with E-state index < -0.39 is 17.7 Å². The normalized spacial score (nSPS) is 12.1. The van der Waals surface area contributed by atoms with Crippen LogP contribution in [0.5, 0.6) is 0 Å². The summed E-state index contributed by atoms with van der Waals surface area (Å²) in [4.78, 5) is 11.4. The Balaban J connectivity index is 2.88. The zero-order valence-corrected chi connectivity index (χ0v) is 10.1. The number of benzene rings is 1. The summed E-state index contributed by atoms with van der Waals surface area (Å²) < 4.78 is 27.0. The monoisotopic (exact) mass is 242 g/mol. The molecule has 5 heteroatoms. The molecule has 0 aliphatic heterocycles. The third kappa shape index (κ3) is 3.15. The average molecular weight is 242 g/mol. The van der Waals surface area contributed by atoms with E-state index in [-0.39, 0.29) is 11.6 Å². The van der Waals surface area contributed by atoms with Crippen LogP contribution in [-0.4, -0.2) is 18.5 Å². The van der Waals surface area contributed by atoms with Crippen LogP contribution >= 0.6 is 0 Å². The fourth-order valence-corrected chi connectivity index (χ4v) is 1.40. The Morgan fingerprint density at radius 3 is 2.65 bits per heavy atom. The lowest BCUT2D eigenvalue weighted by Gasteiger charge is -2.16. The number of hydrogen-bond donors (Lipinski definition) is 2. The molecule has 0 heterocycles. The molecule has 0 bridgehead atoms. The average Bonchev–Trinajstić information content (AvgIpc) is 2.29. The quantitative estimate of drug-likeness (QED) is 0.850. The number of halogens is 2. The molecule has 0 aliphatic carbocycles. The summed E-state index contributed by atoms with van der Waals surface area (Å²) in [6, 6.07) is 1.83. The van der Waals surface area contributed by atoms with Gasteiger partial charge in [0.25, 0.3) is 0 Å². The first-order valence-corrected chi connectivity index (χ1v) is 5.46. The lowest BCUT2D eigenvalue weighted by Crippen LogP contribution is -2.37. The van der Waals surface area contributed by atoms with E-state index in [1.54, 1.807) is 13.8 Å². The van der Waals surface area contributed by atoms with Crippen LogP contribution < -0.4 is 10.6 Å². The van der Waals surface area contributed by atoms with Crippen molar-refractivity contribution >= 4 is 11.6 Å². The standard InChI is InChI=1S/C12H16F2N2O/c1-4-15-12(17)8(3)16-11-9(13)6-5-7(2)10(11)14/h5-6,8,16H,4H2,1-3H3,(H,15,17). The van der Waals surface area contributed by atoms with Gasteiger partial charge >= 0.3 is 0 Å². The number of rotatable bonds is 4. The molecule has 1 atom stereocenters. The molecule has 0 saturated carbocycles. The van der Waals surface area contributed by atoms with Crippen molar-refractivity contribution in [3.63, 3.8) is 0 Å². The van der Waals surface area contributed by atoms with E-state index >= 15 is 0 Å². The van der Waals surface area contributed by atoms with Gasteiger partial charge in [0.05, 0.1) is 0 Å². The maximum absolute atomic E-state index is 13.6. The van der Waals surface area contributed by atoms with Gasteiger partial charge < -0.3 is 10.6 Å². The Labute approximate surface area is 99.2 Å². The van der Waals surface area contributed by atoms with E-state index in [9.17, 15) is 13.6 Å². The molecule has 2 N–H and O–H groups in total. The van der Waals surface area contributed by atoms with Gasteiger partial charge in [-0.1, -0.05) is 6.07 Å². The Morgan fingerprint density at radius 2 is 2.06 bits per heavy atom. The summed E-state index contributed by atoms with van der Waals surface area (Å²) >= 11 is 0. The molecule has 1 unspecified atom stereocenters. The third-order valence-corrected chi connectivity index (χ3v) is 2.39. The highest BCUT2D eigenvalue weighted by Crippen LogP contribution is 2.22.